The minimum absolute atomic E-state index is 0.0654. The van der Waals surface area contributed by atoms with E-state index in [1.165, 1.54) is 24.3 Å². The van der Waals surface area contributed by atoms with Crippen LogP contribution in [-0.2, 0) is 14.8 Å². The number of piperazine rings is 1. The van der Waals surface area contributed by atoms with Crippen LogP contribution in [-0.4, -0.2) is 57.9 Å². The van der Waals surface area contributed by atoms with Crippen LogP contribution in [0.25, 0.3) is 0 Å². The van der Waals surface area contributed by atoms with Crippen molar-refractivity contribution in [3.05, 3.63) is 89.4 Å². The maximum atomic E-state index is 13.2. The molecule has 0 bridgehead atoms. The third kappa shape index (κ3) is 6.42. The van der Waals surface area contributed by atoms with E-state index in [4.69, 9.17) is 11.6 Å². The van der Waals surface area contributed by atoms with Gasteiger partial charge in [0.25, 0.3) is 5.91 Å². The third-order valence-electron chi connectivity index (χ3n) is 5.89. The standard InChI is InChI=1S/C26H27ClN4O4S/c27-20-10-12-22(13-11-20)36(34,35)28-15-14-25(32)29-24-9-5-4-8-23(24)26(33)31-18-16-30(17-19-31)21-6-2-1-3-7-21/h1-13,28H,14-19H2,(H,29,32). The van der Waals surface area contributed by atoms with E-state index in [0.717, 1.165) is 18.8 Å². The Morgan fingerprint density at radius 1 is 0.833 bits per heavy atom. The number of hydrogen-bond donors (Lipinski definition) is 2. The molecule has 0 spiro atoms. The average molecular weight is 527 g/mol. The lowest BCUT2D eigenvalue weighted by atomic mass is 10.1. The number of halogens is 1. The summed E-state index contributed by atoms with van der Waals surface area (Å²) in [5, 5.41) is 3.18. The van der Waals surface area contributed by atoms with Gasteiger partial charge in [-0.1, -0.05) is 41.9 Å². The first-order valence-corrected chi connectivity index (χ1v) is 13.4. The molecule has 8 nitrogen and oxygen atoms in total. The smallest absolute Gasteiger partial charge is 0.256 e. The van der Waals surface area contributed by atoms with Crippen LogP contribution in [0.1, 0.15) is 16.8 Å². The first-order valence-electron chi connectivity index (χ1n) is 11.6. The fraction of sp³-hybridized carbons (Fsp3) is 0.231. The molecule has 10 heteroatoms. The zero-order chi connectivity index (χ0) is 25.5. The van der Waals surface area contributed by atoms with E-state index in [1.807, 2.05) is 18.2 Å². The van der Waals surface area contributed by atoms with Crippen molar-refractivity contribution in [2.45, 2.75) is 11.3 Å². The number of anilines is 2. The van der Waals surface area contributed by atoms with Gasteiger partial charge in [0.1, 0.15) is 0 Å². The lowest BCUT2D eigenvalue weighted by Gasteiger charge is -2.36. The van der Waals surface area contributed by atoms with E-state index in [2.05, 4.69) is 27.1 Å². The van der Waals surface area contributed by atoms with Crippen LogP contribution in [0.5, 0.6) is 0 Å². The van der Waals surface area contributed by atoms with Crippen LogP contribution in [0.4, 0.5) is 11.4 Å². The van der Waals surface area contributed by atoms with Gasteiger partial charge in [-0.2, -0.15) is 0 Å². The predicted molar refractivity (Wildman–Crippen MR) is 141 cm³/mol. The number of amides is 2. The van der Waals surface area contributed by atoms with E-state index in [9.17, 15) is 18.0 Å². The van der Waals surface area contributed by atoms with Crippen molar-refractivity contribution < 1.29 is 18.0 Å². The van der Waals surface area contributed by atoms with Gasteiger partial charge in [0.15, 0.2) is 0 Å². The number of rotatable bonds is 8. The molecule has 2 amide bonds. The number of nitrogens with zero attached hydrogens (tertiary/aromatic N) is 2. The van der Waals surface area contributed by atoms with E-state index in [0.29, 0.717) is 29.4 Å². The van der Waals surface area contributed by atoms with Gasteiger partial charge in [-0.25, -0.2) is 13.1 Å². The van der Waals surface area contributed by atoms with Crippen LogP contribution >= 0.6 is 11.6 Å². The summed E-state index contributed by atoms with van der Waals surface area (Å²) in [5.74, 6) is -0.551. The number of hydrogen-bond acceptors (Lipinski definition) is 5. The zero-order valence-corrected chi connectivity index (χ0v) is 21.1. The molecule has 0 saturated carbocycles. The monoisotopic (exact) mass is 526 g/mol. The van der Waals surface area contributed by atoms with Gasteiger partial charge in [0.2, 0.25) is 15.9 Å². The summed E-state index contributed by atoms with van der Waals surface area (Å²) in [5.41, 5.74) is 1.93. The molecule has 0 atom stereocenters. The Bertz CT molecular complexity index is 1310. The van der Waals surface area contributed by atoms with Gasteiger partial charge < -0.3 is 15.1 Å². The van der Waals surface area contributed by atoms with Crippen LogP contribution in [0.2, 0.25) is 5.02 Å². The molecule has 1 saturated heterocycles. The molecule has 0 aromatic heterocycles. The van der Waals surface area contributed by atoms with Crippen molar-refractivity contribution in [3.8, 4) is 0 Å². The van der Waals surface area contributed by atoms with Crippen molar-refractivity contribution >= 4 is 44.8 Å². The fourth-order valence-electron chi connectivity index (χ4n) is 3.96. The van der Waals surface area contributed by atoms with Crippen LogP contribution in [0, 0.1) is 0 Å². The maximum Gasteiger partial charge on any atom is 0.256 e. The second-order valence-electron chi connectivity index (χ2n) is 8.31. The van der Waals surface area contributed by atoms with E-state index < -0.39 is 15.9 Å². The van der Waals surface area contributed by atoms with Crippen LogP contribution in [0.3, 0.4) is 0 Å². The number of carbonyl (C=O) groups excluding carboxylic acids is 2. The summed E-state index contributed by atoms with van der Waals surface area (Å²) in [6.07, 6.45) is -0.0922. The highest BCUT2D eigenvalue weighted by Gasteiger charge is 2.24. The van der Waals surface area contributed by atoms with E-state index in [-0.39, 0.29) is 23.8 Å². The Hall–Kier alpha value is -3.40. The van der Waals surface area contributed by atoms with E-state index in [1.54, 1.807) is 29.2 Å². The largest absolute Gasteiger partial charge is 0.368 e. The summed E-state index contributed by atoms with van der Waals surface area (Å²) >= 11 is 5.80. The summed E-state index contributed by atoms with van der Waals surface area (Å²) in [7, 11) is -3.76. The minimum atomic E-state index is -3.76. The van der Waals surface area contributed by atoms with Crippen LogP contribution in [0.15, 0.2) is 83.8 Å². The van der Waals surface area contributed by atoms with E-state index >= 15 is 0 Å². The quantitative estimate of drug-likeness (QED) is 0.467. The highest BCUT2D eigenvalue weighted by Crippen LogP contribution is 2.21. The lowest BCUT2D eigenvalue weighted by Crippen LogP contribution is -2.48. The summed E-state index contributed by atoms with van der Waals surface area (Å²) in [4.78, 5) is 29.8. The molecular weight excluding hydrogens is 500 g/mol. The molecule has 36 heavy (non-hydrogen) atoms. The highest BCUT2D eigenvalue weighted by molar-refractivity contribution is 7.89. The number of para-hydroxylation sites is 2. The summed E-state index contributed by atoms with van der Waals surface area (Å²) in [6, 6.07) is 22.7. The van der Waals surface area contributed by atoms with Crippen molar-refractivity contribution in [2.75, 3.05) is 42.9 Å². The van der Waals surface area contributed by atoms with Crippen molar-refractivity contribution in [1.82, 2.24) is 9.62 Å². The van der Waals surface area contributed by atoms with Gasteiger partial charge in [0.05, 0.1) is 16.1 Å². The zero-order valence-electron chi connectivity index (χ0n) is 19.6. The SMILES string of the molecule is O=C(CCNS(=O)(=O)c1ccc(Cl)cc1)Nc1ccccc1C(=O)N1CCN(c2ccccc2)CC1. The molecule has 2 N–H and O–H groups in total. The second kappa shape index (κ2) is 11.6. The maximum absolute atomic E-state index is 13.2. The Kier molecular flexibility index (Phi) is 8.25. The third-order valence-corrected chi connectivity index (χ3v) is 7.62. The molecule has 3 aromatic carbocycles. The number of benzene rings is 3. The molecular formula is C26H27ClN4O4S. The second-order valence-corrected chi connectivity index (χ2v) is 10.5. The number of carbonyl (C=O) groups is 2. The van der Waals surface area contributed by atoms with Gasteiger partial charge in [-0.3, -0.25) is 9.59 Å². The van der Waals surface area contributed by atoms with Gasteiger partial charge in [-0.05, 0) is 48.5 Å². The molecule has 1 aliphatic rings. The molecule has 0 unspecified atom stereocenters. The van der Waals surface area contributed by atoms with Gasteiger partial charge in [-0.15, -0.1) is 0 Å². The first kappa shape index (κ1) is 25.7. The topological polar surface area (TPSA) is 98.8 Å². The molecule has 1 heterocycles. The fourth-order valence-corrected chi connectivity index (χ4v) is 5.12. The van der Waals surface area contributed by atoms with Gasteiger partial charge in [0, 0.05) is 49.9 Å². The molecule has 1 fully saturated rings. The van der Waals surface area contributed by atoms with Crippen molar-refractivity contribution in [1.29, 1.82) is 0 Å². The Morgan fingerprint density at radius 2 is 1.47 bits per heavy atom. The molecule has 0 aliphatic carbocycles. The summed E-state index contributed by atoms with van der Waals surface area (Å²) in [6.45, 7) is 2.50. The van der Waals surface area contributed by atoms with Crippen LogP contribution < -0.4 is 14.9 Å². The molecule has 0 radical (unpaired) electrons. The minimum Gasteiger partial charge on any atom is -0.368 e. The lowest BCUT2D eigenvalue weighted by molar-refractivity contribution is -0.116. The Morgan fingerprint density at radius 3 is 2.17 bits per heavy atom. The highest BCUT2D eigenvalue weighted by atomic mass is 35.5. The molecule has 188 valence electrons. The van der Waals surface area contributed by atoms with Gasteiger partial charge >= 0.3 is 0 Å². The molecule has 3 aromatic rings. The molecule has 1 aliphatic heterocycles. The number of sulfonamides is 1. The number of nitrogens with one attached hydrogen (secondary N) is 2. The normalized spacial score (nSPS) is 13.9. The molecule has 4 rings (SSSR count). The summed E-state index contributed by atoms with van der Waals surface area (Å²) < 4.78 is 27.2. The predicted octanol–water partition coefficient (Wildman–Crippen LogP) is 3.61. The van der Waals surface area contributed by atoms with Crippen molar-refractivity contribution in [2.24, 2.45) is 0 Å². The Balaban J connectivity index is 1.32. The van der Waals surface area contributed by atoms with Crippen molar-refractivity contribution in [3.63, 3.8) is 0 Å². The Labute approximate surface area is 215 Å². The average Bonchev–Trinajstić information content (AvgIpc) is 2.89. The first-order chi connectivity index (χ1) is 17.3.